The van der Waals surface area contributed by atoms with Crippen molar-refractivity contribution in [3.05, 3.63) is 30.1 Å². The molecular weight excluding hydrogens is 309 g/mol. The average molecular weight is 333 g/mol. The number of hydrogen-bond donors (Lipinski definition) is 2. The molecule has 2 aliphatic rings. The van der Waals surface area contributed by atoms with Crippen LogP contribution < -0.4 is 10.6 Å². The Morgan fingerprint density at radius 2 is 1.83 bits per heavy atom. The first-order valence-corrected chi connectivity index (χ1v) is 8.64. The van der Waals surface area contributed by atoms with Gasteiger partial charge in [-0.25, -0.2) is 4.39 Å². The fourth-order valence-corrected chi connectivity index (χ4v) is 3.06. The number of nitrogens with zero attached hydrogens (tertiary/aromatic N) is 1. The van der Waals surface area contributed by atoms with Crippen LogP contribution in [-0.2, 0) is 9.59 Å². The molecule has 0 spiro atoms. The van der Waals surface area contributed by atoms with E-state index in [0.717, 1.165) is 38.8 Å². The summed E-state index contributed by atoms with van der Waals surface area (Å²) in [5.74, 6) is -0.229. The molecule has 2 amide bonds. The topological polar surface area (TPSA) is 61.4 Å². The van der Waals surface area contributed by atoms with Gasteiger partial charge in [0.05, 0.1) is 11.7 Å². The molecule has 0 bridgehead atoms. The van der Waals surface area contributed by atoms with Gasteiger partial charge in [-0.15, -0.1) is 0 Å². The lowest BCUT2D eigenvalue weighted by Crippen LogP contribution is -2.50. The van der Waals surface area contributed by atoms with Crippen molar-refractivity contribution in [2.75, 3.05) is 18.4 Å². The summed E-state index contributed by atoms with van der Waals surface area (Å²) in [5.41, 5.74) is 0.209. The van der Waals surface area contributed by atoms with Crippen molar-refractivity contribution in [2.24, 2.45) is 5.92 Å². The zero-order chi connectivity index (χ0) is 17.1. The highest BCUT2D eigenvalue weighted by Crippen LogP contribution is 2.29. The summed E-state index contributed by atoms with van der Waals surface area (Å²) < 4.78 is 13.6. The highest BCUT2D eigenvalue weighted by atomic mass is 19.1. The maximum Gasteiger partial charge on any atom is 0.241 e. The van der Waals surface area contributed by atoms with Gasteiger partial charge < -0.3 is 10.6 Å². The summed E-state index contributed by atoms with van der Waals surface area (Å²) in [6.07, 6.45) is 3.71. The first-order valence-electron chi connectivity index (χ1n) is 8.64. The van der Waals surface area contributed by atoms with Gasteiger partial charge in [0.25, 0.3) is 0 Å². The fourth-order valence-electron chi connectivity index (χ4n) is 3.06. The smallest absolute Gasteiger partial charge is 0.241 e. The molecule has 2 fully saturated rings. The third kappa shape index (κ3) is 4.12. The lowest BCUT2D eigenvalue weighted by atomic mass is 10.0. The van der Waals surface area contributed by atoms with Crippen molar-refractivity contribution >= 4 is 17.5 Å². The molecular formula is C18H24FN3O2. The van der Waals surface area contributed by atoms with Gasteiger partial charge >= 0.3 is 0 Å². The highest BCUT2D eigenvalue weighted by Gasteiger charge is 2.33. The summed E-state index contributed by atoms with van der Waals surface area (Å²) in [4.78, 5) is 26.2. The van der Waals surface area contributed by atoms with Gasteiger partial charge in [-0.3, -0.25) is 14.5 Å². The van der Waals surface area contributed by atoms with Crippen LogP contribution in [0.5, 0.6) is 0 Å². The van der Waals surface area contributed by atoms with Crippen molar-refractivity contribution in [3.63, 3.8) is 0 Å². The molecule has 1 saturated heterocycles. The standard InChI is InChI=1S/C18H24FN3O2/c1-12(17(23)21-16-5-3-2-4-15(16)19)22-10-8-14(9-11-22)20-18(24)13-6-7-13/h2-5,12-14H,6-11H2,1H3,(H,20,24)(H,21,23). The van der Waals surface area contributed by atoms with Gasteiger partial charge in [0, 0.05) is 25.0 Å². The number of anilines is 1. The minimum atomic E-state index is -0.431. The molecule has 1 aromatic rings. The van der Waals surface area contributed by atoms with Crippen LogP contribution in [-0.4, -0.2) is 41.9 Å². The molecule has 1 atom stereocenters. The zero-order valence-electron chi connectivity index (χ0n) is 13.9. The summed E-state index contributed by atoms with van der Waals surface area (Å²) in [6, 6.07) is 6.04. The second kappa shape index (κ2) is 7.30. The summed E-state index contributed by atoms with van der Waals surface area (Å²) in [6.45, 7) is 3.34. The number of likely N-dealkylation sites (tertiary alicyclic amines) is 1. The largest absolute Gasteiger partial charge is 0.353 e. The van der Waals surface area contributed by atoms with Gasteiger partial charge in [-0.1, -0.05) is 12.1 Å². The number of carbonyl (C=O) groups is 2. The Hall–Kier alpha value is -1.95. The molecule has 1 unspecified atom stereocenters. The molecule has 130 valence electrons. The molecule has 1 aliphatic heterocycles. The second-order valence-electron chi connectivity index (χ2n) is 6.74. The molecule has 1 aliphatic carbocycles. The van der Waals surface area contributed by atoms with Crippen LogP contribution in [0.25, 0.3) is 0 Å². The van der Waals surface area contributed by atoms with Gasteiger partial charge in [0.15, 0.2) is 0 Å². The Balaban J connectivity index is 1.47. The molecule has 0 aromatic heterocycles. The monoisotopic (exact) mass is 333 g/mol. The van der Waals surface area contributed by atoms with E-state index in [9.17, 15) is 14.0 Å². The summed E-state index contributed by atoms with van der Waals surface area (Å²) in [5, 5.41) is 5.75. The van der Waals surface area contributed by atoms with Crippen LogP contribution in [0.1, 0.15) is 32.6 Å². The summed E-state index contributed by atoms with van der Waals surface area (Å²) in [7, 11) is 0. The van der Waals surface area contributed by atoms with Gasteiger partial charge in [-0.05, 0) is 44.7 Å². The Morgan fingerprint density at radius 1 is 1.17 bits per heavy atom. The number of halogens is 1. The minimum Gasteiger partial charge on any atom is -0.353 e. The number of amides is 2. The molecule has 0 radical (unpaired) electrons. The average Bonchev–Trinajstić information content (AvgIpc) is 3.42. The second-order valence-corrected chi connectivity index (χ2v) is 6.74. The number of benzene rings is 1. The van der Waals surface area contributed by atoms with Crippen molar-refractivity contribution in [2.45, 2.75) is 44.7 Å². The summed E-state index contributed by atoms with van der Waals surface area (Å²) >= 11 is 0. The first kappa shape index (κ1) is 16.9. The van der Waals surface area contributed by atoms with E-state index in [2.05, 4.69) is 15.5 Å². The van der Waals surface area contributed by atoms with Crippen molar-refractivity contribution in [3.8, 4) is 0 Å². The molecule has 1 heterocycles. The van der Waals surface area contributed by atoms with E-state index in [1.54, 1.807) is 18.2 Å². The normalized spacial score (nSPS) is 20.4. The number of hydrogen-bond acceptors (Lipinski definition) is 3. The van der Waals surface area contributed by atoms with Gasteiger partial charge in [0.1, 0.15) is 5.82 Å². The van der Waals surface area contributed by atoms with Crippen molar-refractivity contribution in [1.82, 2.24) is 10.2 Å². The lowest BCUT2D eigenvalue weighted by Gasteiger charge is -2.35. The van der Waals surface area contributed by atoms with E-state index in [4.69, 9.17) is 0 Å². The van der Waals surface area contributed by atoms with E-state index in [1.807, 2.05) is 6.92 Å². The number of rotatable bonds is 5. The Kier molecular flexibility index (Phi) is 5.14. The van der Waals surface area contributed by atoms with E-state index in [-0.39, 0.29) is 35.5 Å². The predicted molar refractivity (Wildman–Crippen MR) is 90.0 cm³/mol. The van der Waals surface area contributed by atoms with Crippen molar-refractivity contribution in [1.29, 1.82) is 0 Å². The lowest BCUT2D eigenvalue weighted by molar-refractivity contribution is -0.124. The Morgan fingerprint density at radius 3 is 2.46 bits per heavy atom. The minimum absolute atomic E-state index is 0.179. The highest BCUT2D eigenvalue weighted by molar-refractivity contribution is 5.94. The molecule has 3 rings (SSSR count). The maximum absolute atomic E-state index is 13.6. The van der Waals surface area contributed by atoms with Gasteiger partial charge in [0.2, 0.25) is 11.8 Å². The van der Waals surface area contributed by atoms with E-state index in [1.165, 1.54) is 6.07 Å². The van der Waals surface area contributed by atoms with E-state index < -0.39 is 5.82 Å². The predicted octanol–water partition coefficient (Wildman–Crippen LogP) is 2.14. The first-order chi connectivity index (χ1) is 11.5. The van der Waals surface area contributed by atoms with Crippen LogP contribution in [0.4, 0.5) is 10.1 Å². The number of para-hydroxylation sites is 1. The molecule has 1 saturated carbocycles. The fraction of sp³-hybridized carbons (Fsp3) is 0.556. The van der Waals surface area contributed by atoms with Crippen LogP contribution in [0.3, 0.4) is 0 Å². The number of piperidine rings is 1. The van der Waals surface area contributed by atoms with Crippen LogP contribution in [0.15, 0.2) is 24.3 Å². The van der Waals surface area contributed by atoms with E-state index in [0.29, 0.717) is 0 Å². The Labute approximate surface area is 141 Å². The zero-order valence-corrected chi connectivity index (χ0v) is 13.9. The molecule has 2 N–H and O–H groups in total. The number of carbonyl (C=O) groups excluding carboxylic acids is 2. The van der Waals surface area contributed by atoms with Crippen molar-refractivity contribution < 1.29 is 14.0 Å². The van der Waals surface area contributed by atoms with Gasteiger partial charge in [-0.2, -0.15) is 0 Å². The maximum atomic E-state index is 13.6. The van der Waals surface area contributed by atoms with Crippen LogP contribution in [0, 0.1) is 11.7 Å². The molecule has 24 heavy (non-hydrogen) atoms. The molecule has 6 heteroatoms. The SMILES string of the molecule is CC(C(=O)Nc1ccccc1F)N1CCC(NC(=O)C2CC2)CC1. The third-order valence-corrected chi connectivity index (χ3v) is 4.88. The molecule has 1 aromatic carbocycles. The van der Waals surface area contributed by atoms with Crippen LogP contribution >= 0.6 is 0 Å². The van der Waals surface area contributed by atoms with Crippen LogP contribution in [0.2, 0.25) is 0 Å². The quantitative estimate of drug-likeness (QED) is 0.868. The van der Waals surface area contributed by atoms with E-state index >= 15 is 0 Å². The molecule has 5 nitrogen and oxygen atoms in total. The third-order valence-electron chi connectivity index (χ3n) is 4.88. The number of nitrogens with one attached hydrogen (secondary N) is 2. The Bertz CT molecular complexity index is 610.